The van der Waals surface area contributed by atoms with Crippen molar-refractivity contribution in [2.45, 2.75) is 27.2 Å². The van der Waals surface area contributed by atoms with Gasteiger partial charge in [-0.2, -0.15) is 0 Å². The number of rotatable bonds is 7. The SMILES string of the molecule is Cc1cc(C(N)=S)cc(NCCC(=O)NCC(C)C)n1. The molecule has 1 rings (SSSR count). The van der Waals surface area contributed by atoms with Crippen molar-refractivity contribution in [3.8, 4) is 0 Å². The zero-order valence-corrected chi connectivity index (χ0v) is 13.0. The van der Waals surface area contributed by atoms with Crippen molar-refractivity contribution >= 4 is 28.9 Å². The molecule has 0 atom stereocenters. The standard InChI is InChI=1S/C14H22N4OS/c1-9(2)8-17-13(19)4-5-16-12-7-11(14(15)20)6-10(3)18-12/h6-7,9H,4-5,8H2,1-3H3,(H2,15,20)(H,16,18)(H,17,19). The van der Waals surface area contributed by atoms with Gasteiger partial charge >= 0.3 is 0 Å². The van der Waals surface area contributed by atoms with E-state index in [4.69, 9.17) is 18.0 Å². The monoisotopic (exact) mass is 294 g/mol. The third-order valence-corrected chi connectivity index (χ3v) is 2.84. The van der Waals surface area contributed by atoms with Gasteiger partial charge in [-0.15, -0.1) is 0 Å². The molecular weight excluding hydrogens is 272 g/mol. The van der Waals surface area contributed by atoms with E-state index >= 15 is 0 Å². The highest BCUT2D eigenvalue weighted by Crippen LogP contribution is 2.10. The number of aromatic nitrogens is 1. The van der Waals surface area contributed by atoms with Gasteiger partial charge in [0.1, 0.15) is 10.8 Å². The second-order valence-corrected chi connectivity index (χ2v) is 5.56. The lowest BCUT2D eigenvalue weighted by Crippen LogP contribution is -2.28. The number of anilines is 1. The molecule has 0 radical (unpaired) electrons. The van der Waals surface area contributed by atoms with E-state index < -0.39 is 0 Å². The first-order valence-corrected chi connectivity index (χ1v) is 7.08. The van der Waals surface area contributed by atoms with Crippen LogP contribution in [0.25, 0.3) is 0 Å². The molecule has 6 heteroatoms. The maximum Gasteiger partial charge on any atom is 0.221 e. The normalized spacial score (nSPS) is 10.4. The minimum Gasteiger partial charge on any atom is -0.389 e. The van der Waals surface area contributed by atoms with Gasteiger partial charge in [0.25, 0.3) is 0 Å². The number of pyridine rings is 1. The van der Waals surface area contributed by atoms with E-state index in [9.17, 15) is 4.79 Å². The van der Waals surface area contributed by atoms with Crippen molar-refractivity contribution in [1.29, 1.82) is 0 Å². The zero-order chi connectivity index (χ0) is 15.1. The van der Waals surface area contributed by atoms with Gasteiger partial charge in [0.05, 0.1) is 0 Å². The largest absolute Gasteiger partial charge is 0.389 e. The lowest BCUT2D eigenvalue weighted by molar-refractivity contribution is -0.120. The van der Waals surface area contributed by atoms with Crippen molar-refractivity contribution in [1.82, 2.24) is 10.3 Å². The summed E-state index contributed by atoms with van der Waals surface area (Å²) in [6, 6.07) is 3.63. The van der Waals surface area contributed by atoms with Crippen LogP contribution in [0, 0.1) is 12.8 Å². The Hall–Kier alpha value is -1.69. The van der Waals surface area contributed by atoms with Crippen LogP contribution in [0.3, 0.4) is 0 Å². The van der Waals surface area contributed by atoms with Gasteiger partial charge in [0.15, 0.2) is 0 Å². The van der Waals surface area contributed by atoms with Crippen molar-refractivity contribution in [3.63, 3.8) is 0 Å². The second-order valence-electron chi connectivity index (χ2n) is 5.12. The van der Waals surface area contributed by atoms with Gasteiger partial charge in [0.2, 0.25) is 5.91 Å². The summed E-state index contributed by atoms with van der Waals surface area (Å²) in [5, 5.41) is 5.98. The van der Waals surface area contributed by atoms with Crippen LogP contribution in [0.5, 0.6) is 0 Å². The molecule has 20 heavy (non-hydrogen) atoms. The Labute approximate surface area is 125 Å². The topological polar surface area (TPSA) is 80.0 Å². The summed E-state index contributed by atoms with van der Waals surface area (Å²) in [5.41, 5.74) is 7.22. The third kappa shape index (κ3) is 5.97. The van der Waals surface area contributed by atoms with Crippen LogP contribution in [0.15, 0.2) is 12.1 Å². The van der Waals surface area contributed by atoms with E-state index in [1.807, 2.05) is 13.0 Å². The molecule has 0 unspecified atom stereocenters. The molecule has 0 fully saturated rings. The average Bonchev–Trinajstić information content (AvgIpc) is 2.35. The molecular formula is C14H22N4OS. The van der Waals surface area contributed by atoms with Gasteiger partial charge in [-0.25, -0.2) is 4.98 Å². The summed E-state index contributed by atoms with van der Waals surface area (Å²) in [5.74, 6) is 1.18. The van der Waals surface area contributed by atoms with Crippen molar-refractivity contribution < 1.29 is 4.79 Å². The number of hydrogen-bond donors (Lipinski definition) is 3. The smallest absolute Gasteiger partial charge is 0.221 e. The molecule has 5 nitrogen and oxygen atoms in total. The van der Waals surface area contributed by atoms with Gasteiger partial charge in [-0.3, -0.25) is 4.79 Å². The minimum atomic E-state index is 0.0356. The van der Waals surface area contributed by atoms with Crippen LogP contribution >= 0.6 is 12.2 Å². The van der Waals surface area contributed by atoms with Crippen molar-refractivity contribution in [3.05, 3.63) is 23.4 Å². The number of carbonyl (C=O) groups excluding carboxylic acids is 1. The fourth-order valence-corrected chi connectivity index (χ4v) is 1.73. The number of nitrogens with two attached hydrogens (primary N) is 1. The third-order valence-electron chi connectivity index (χ3n) is 2.60. The molecule has 110 valence electrons. The van der Waals surface area contributed by atoms with Crippen LogP contribution < -0.4 is 16.4 Å². The first-order chi connectivity index (χ1) is 9.38. The fourth-order valence-electron chi connectivity index (χ4n) is 1.61. The molecule has 1 aromatic rings. The van der Waals surface area contributed by atoms with Crippen molar-refractivity contribution in [2.75, 3.05) is 18.4 Å². The Morgan fingerprint density at radius 3 is 2.75 bits per heavy atom. The maximum atomic E-state index is 11.6. The predicted molar refractivity (Wildman–Crippen MR) is 85.8 cm³/mol. The van der Waals surface area contributed by atoms with Crippen LogP contribution in [-0.4, -0.2) is 29.0 Å². The number of carbonyl (C=O) groups is 1. The highest BCUT2D eigenvalue weighted by molar-refractivity contribution is 7.80. The quantitative estimate of drug-likeness (QED) is 0.666. The van der Waals surface area contributed by atoms with Gasteiger partial charge in [-0.05, 0) is 25.0 Å². The van der Waals surface area contributed by atoms with E-state index in [2.05, 4.69) is 29.5 Å². The predicted octanol–water partition coefficient (Wildman–Crippen LogP) is 1.60. The molecule has 0 bridgehead atoms. The summed E-state index contributed by atoms with van der Waals surface area (Å²) >= 11 is 4.95. The Morgan fingerprint density at radius 2 is 2.15 bits per heavy atom. The van der Waals surface area contributed by atoms with Crippen LogP contribution in [0.2, 0.25) is 0 Å². The Kier molecular flexibility index (Phi) is 6.38. The van der Waals surface area contributed by atoms with Gasteiger partial charge in [-0.1, -0.05) is 26.1 Å². The van der Waals surface area contributed by atoms with E-state index in [0.29, 0.717) is 36.2 Å². The number of nitrogens with zero attached hydrogens (tertiary/aromatic N) is 1. The first-order valence-electron chi connectivity index (χ1n) is 6.67. The summed E-state index contributed by atoms with van der Waals surface area (Å²) in [7, 11) is 0. The maximum absolute atomic E-state index is 11.6. The van der Waals surface area contributed by atoms with E-state index in [1.165, 1.54) is 0 Å². The van der Waals surface area contributed by atoms with Gasteiger partial charge < -0.3 is 16.4 Å². The first kappa shape index (κ1) is 16.4. The molecule has 0 saturated carbocycles. The Bertz CT molecular complexity index is 488. The molecule has 1 amide bonds. The molecule has 0 aliphatic carbocycles. The number of aryl methyl sites for hydroxylation is 1. The number of hydrogen-bond acceptors (Lipinski definition) is 4. The molecule has 1 heterocycles. The minimum absolute atomic E-state index is 0.0356. The van der Waals surface area contributed by atoms with Gasteiger partial charge in [0, 0.05) is 30.8 Å². The molecule has 1 aromatic heterocycles. The van der Waals surface area contributed by atoms with Crippen molar-refractivity contribution in [2.24, 2.45) is 11.7 Å². The molecule has 4 N–H and O–H groups in total. The van der Waals surface area contributed by atoms with Crippen LogP contribution in [-0.2, 0) is 4.79 Å². The Balaban J connectivity index is 2.46. The molecule has 0 spiro atoms. The van der Waals surface area contributed by atoms with E-state index in [0.717, 1.165) is 11.3 Å². The van der Waals surface area contributed by atoms with Crippen LogP contribution in [0.1, 0.15) is 31.5 Å². The number of thiocarbonyl (C=S) groups is 1. The fraction of sp³-hybridized carbons (Fsp3) is 0.500. The van der Waals surface area contributed by atoms with E-state index in [-0.39, 0.29) is 5.91 Å². The molecule has 0 aliphatic heterocycles. The summed E-state index contributed by atoms with van der Waals surface area (Å²) in [4.78, 5) is 16.2. The summed E-state index contributed by atoms with van der Waals surface area (Å²) < 4.78 is 0. The lowest BCUT2D eigenvalue weighted by Gasteiger charge is -2.10. The zero-order valence-electron chi connectivity index (χ0n) is 12.2. The molecule has 0 aliphatic rings. The molecule has 0 saturated heterocycles. The summed E-state index contributed by atoms with van der Waals surface area (Å²) in [6.45, 7) is 7.23. The second kappa shape index (κ2) is 7.79. The van der Waals surface area contributed by atoms with E-state index in [1.54, 1.807) is 6.07 Å². The highest BCUT2D eigenvalue weighted by atomic mass is 32.1. The average molecular weight is 294 g/mol. The summed E-state index contributed by atoms with van der Waals surface area (Å²) in [6.07, 6.45) is 0.407. The Morgan fingerprint density at radius 1 is 1.45 bits per heavy atom. The lowest BCUT2D eigenvalue weighted by atomic mass is 10.2. The number of amides is 1. The van der Waals surface area contributed by atoms with Crippen LogP contribution in [0.4, 0.5) is 5.82 Å². The number of nitrogens with one attached hydrogen (secondary N) is 2. The molecule has 0 aromatic carbocycles. The highest BCUT2D eigenvalue weighted by Gasteiger charge is 2.05.